The highest BCUT2D eigenvalue weighted by molar-refractivity contribution is 5.40. The number of rotatable bonds is 1. The van der Waals surface area contributed by atoms with Crippen LogP contribution in [0.25, 0.3) is 0 Å². The minimum absolute atomic E-state index is 0.133. The molecule has 0 bridgehead atoms. The van der Waals surface area contributed by atoms with Crippen molar-refractivity contribution in [3.63, 3.8) is 0 Å². The standard InChI is InChI=1S/C10H9F3O2/c11-10(12,13)9(14)7-1-2-8-6(5-7)3-4-15-8/h1-2,5,9,14H,3-4H2. The van der Waals surface area contributed by atoms with Crippen molar-refractivity contribution < 1.29 is 23.0 Å². The van der Waals surface area contributed by atoms with Gasteiger partial charge in [-0.2, -0.15) is 13.2 Å². The van der Waals surface area contributed by atoms with Gasteiger partial charge in [0, 0.05) is 6.42 Å². The lowest BCUT2D eigenvalue weighted by molar-refractivity contribution is -0.206. The number of benzene rings is 1. The zero-order chi connectivity index (χ0) is 11.1. The molecule has 1 N–H and O–H groups in total. The lowest BCUT2D eigenvalue weighted by atomic mass is 10.0. The summed E-state index contributed by atoms with van der Waals surface area (Å²) in [6, 6.07) is 4.05. The minimum atomic E-state index is -4.62. The summed E-state index contributed by atoms with van der Waals surface area (Å²) in [6.45, 7) is 0.487. The smallest absolute Gasteiger partial charge is 0.418 e. The van der Waals surface area contributed by atoms with E-state index in [1.54, 1.807) is 0 Å². The summed E-state index contributed by atoms with van der Waals surface area (Å²) >= 11 is 0. The Labute approximate surface area is 84.3 Å². The van der Waals surface area contributed by atoms with Crippen LogP contribution in [0.2, 0.25) is 0 Å². The number of aliphatic hydroxyl groups is 1. The second kappa shape index (κ2) is 3.41. The Balaban J connectivity index is 2.31. The fourth-order valence-electron chi connectivity index (χ4n) is 1.57. The van der Waals surface area contributed by atoms with Crippen molar-refractivity contribution in [3.05, 3.63) is 29.3 Å². The molecule has 5 heteroatoms. The predicted octanol–water partition coefficient (Wildman–Crippen LogP) is 2.22. The molecule has 0 radical (unpaired) electrons. The van der Waals surface area contributed by atoms with Gasteiger partial charge in [0.2, 0.25) is 0 Å². The summed E-state index contributed by atoms with van der Waals surface area (Å²) in [5.74, 6) is 0.605. The molecule has 1 aromatic carbocycles. The second-order valence-electron chi connectivity index (χ2n) is 3.41. The molecule has 1 unspecified atom stereocenters. The number of ether oxygens (including phenoxy) is 1. The van der Waals surface area contributed by atoms with Crippen molar-refractivity contribution in [2.24, 2.45) is 0 Å². The Kier molecular flexibility index (Phi) is 2.34. The largest absolute Gasteiger partial charge is 0.493 e. The third-order valence-electron chi connectivity index (χ3n) is 2.34. The van der Waals surface area contributed by atoms with E-state index in [1.807, 2.05) is 0 Å². The summed E-state index contributed by atoms with van der Waals surface area (Å²) in [6.07, 6.45) is -6.44. The van der Waals surface area contributed by atoms with Crippen LogP contribution in [-0.4, -0.2) is 17.9 Å². The molecule has 0 spiro atoms. The van der Waals surface area contributed by atoms with Gasteiger partial charge in [-0.1, -0.05) is 6.07 Å². The van der Waals surface area contributed by atoms with Gasteiger partial charge in [0.05, 0.1) is 6.61 Å². The highest BCUT2D eigenvalue weighted by atomic mass is 19.4. The first-order valence-electron chi connectivity index (χ1n) is 4.49. The van der Waals surface area contributed by atoms with E-state index in [0.717, 1.165) is 5.56 Å². The maximum absolute atomic E-state index is 12.2. The molecular formula is C10H9F3O2. The van der Waals surface area contributed by atoms with Crippen molar-refractivity contribution in [2.45, 2.75) is 18.7 Å². The van der Waals surface area contributed by atoms with Gasteiger partial charge in [0.1, 0.15) is 5.75 Å². The molecule has 15 heavy (non-hydrogen) atoms. The predicted molar refractivity (Wildman–Crippen MR) is 46.7 cm³/mol. The first kappa shape index (κ1) is 10.3. The van der Waals surface area contributed by atoms with E-state index >= 15 is 0 Å². The fourth-order valence-corrected chi connectivity index (χ4v) is 1.57. The van der Waals surface area contributed by atoms with E-state index in [4.69, 9.17) is 9.84 Å². The van der Waals surface area contributed by atoms with E-state index < -0.39 is 12.3 Å². The Hall–Kier alpha value is -1.23. The van der Waals surface area contributed by atoms with Gasteiger partial charge in [0.25, 0.3) is 0 Å². The third-order valence-corrected chi connectivity index (χ3v) is 2.34. The lowest BCUT2D eigenvalue weighted by Gasteiger charge is -2.15. The molecule has 2 rings (SSSR count). The fraction of sp³-hybridized carbons (Fsp3) is 0.400. The molecule has 1 aliphatic rings. The Bertz CT molecular complexity index is 373. The van der Waals surface area contributed by atoms with Crippen molar-refractivity contribution in [3.8, 4) is 5.75 Å². The van der Waals surface area contributed by atoms with Crippen LogP contribution in [-0.2, 0) is 6.42 Å². The van der Waals surface area contributed by atoms with Gasteiger partial charge in [0.15, 0.2) is 6.10 Å². The monoisotopic (exact) mass is 218 g/mol. The molecule has 0 amide bonds. The molecule has 1 aromatic rings. The number of hydrogen-bond donors (Lipinski definition) is 1. The van der Waals surface area contributed by atoms with Crippen molar-refractivity contribution in [1.82, 2.24) is 0 Å². The van der Waals surface area contributed by atoms with Gasteiger partial charge >= 0.3 is 6.18 Å². The highest BCUT2D eigenvalue weighted by Gasteiger charge is 2.39. The van der Waals surface area contributed by atoms with E-state index in [1.165, 1.54) is 18.2 Å². The van der Waals surface area contributed by atoms with Crippen LogP contribution in [0.5, 0.6) is 5.75 Å². The number of aliphatic hydroxyl groups excluding tert-OH is 1. The molecule has 2 nitrogen and oxygen atoms in total. The van der Waals surface area contributed by atoms with E-state index in [-0.39, 0.29) is 5.56 Å². The summed E-state index contributed by atoms with van der Waals surface area (Å²) < 4.78 is 41.8. The maximum Gasteiger partial charge on any atom is 0.418 e. The Morgan fingerprint density at radius 3 is 2.73 bits per heavy atom. The number of fused-ring (bicyclic) bond motifs is 1. The zero-order valence-corrected chi connectivity index (χ0v) is 7.71. The topological polar surface area (TPSA) is 29.5 Å². The summed E-state index contributed by atoms with van der Waals surface area (Å²) in [4.78, 5) is 0. The molecule has 1 aliphatic heterocycles. The van der Waals surface area contributed by atoms with Gasteiger partial charge in [-0.05, 0) is 23.3 Å². The zero-order valence-electron chi connectivity index (χ0n) is 7.71. The molecule has 82 valence electrons. The molecule has 0 aliphatic carbocycles. The van der Waals surface area contributed by atoms with Crippen molar-refractivity contribution in [2.75, 3.05) is 6.61 Å². The van der Waals surface area contributed by atoms with Crippen LogP contribution < -0.4 is 4.74 Å². The minimum Gasteiger partial charge on any atom is -0.493 e. The Morgan fingerprint density at radius 1 is 1.33 bits per heavy atom. The summed E-state index contributed by atoms with van der Waals surface area (Å²) in [5.41, 5.74) is 0.586. The normalized spacial score (nSPS) is 17.1. The molecule has 0 fully saturated rings. The average Bonchev–Trinajstić information content (AvgIpc) is 2.61. The molecular weight excluding hydrogens is 209 g/mol. The lowest BCUT2D eigenvalue weighted by Crippen LogP contribution is -2.20. The maximum atomic E-state index is 12.2. The van der Waals surface area contributed by atoms with Crippen LogP contribution >= 0.6 is 0 Å². The van der Waals surface area contributed by atoms with Gasteiger partial charge < -0.3 is 9.84 Å². The first-order chi connectivity index (χ1) is 6.98. The van der Waals surface area contributed by atoms with Crippen LogP contribution in [0.1, 0.15) is 17.2 Å². The van der Waals surface area contributed by atoms with E-state index in [0.29, 0.717) is 18.8 Å². The highest BCUT2D eigenvalue weighted by Crippen LogP contribution is 2.35. The van der Waals surface area contributed by atoms with Crippen LogP contribution in [0.4, 0.5) is 13.2 Å². The van der Waals surface area contributed by atoms with Crippen LogP contribution in [0, 0.1) is 0 Å². The third kappa shape index (κ3) is 1.92. The van der Waals surface area contributed by atoms with Crippen LogP contribution in [0.3, 0.4) is 0 Å². The average molecular weight is 218 g/mol. The van der Waals surface area contributed by atoms with Crippen molar-refractivity contribution in [1.29, 1.82) is 0 Å². The first-order valence-corrected chi connectivity index (χ1v) is 4.49. The molecule has 0 saturated heterocycles. The molecule has 1 heterocycles. The van der Waals surface area contributed by atoms with Gasteiger partial charge in [-0.25, -0.2) is 0 Å². The Morgan fingerprint density at radius 2 is 2.07 bits per heavy atom. The van der Waals surface area contributed by atoms with E-state index in [9.17, 15) is 13.2 Å². The van der Waals surface area contributed by atoms with Crippen molar-refractivity contribution >= 4 is 0 Å². The summed E-state index contributed by atoms with van der Waals surface area (Å²) in [5, 5.41) is 9.02. The van der Waals surface area contributed by atoms with Gasteiger partial charge in [-0.3, -0.25) is 0 Å². The van der Waals surface area contributed by atoms with E-state index in [2.05, 4.69) is 0 Å². The van der Waals surface area contributed by atoms with Crippen LogP contribution in [0.15, 0.2) is 18.2 Å². The number of halogens is 3. The number of alkyl halides is 3. The molecule has 0 saturated carbocycles. The quantitative estimate of drug-likeness (QED) is 0.783. The second-order valence-corrected chi connectivity index (χ2v) is 3.41. The molecule has 1 atom stereocenters. The van der Waals surface area contributed by atoms with Gasteiger partial charge in [-0.15, -0.1) is 0 Å². The summed E-state index contributed by atoms with van der Waals surface area (Å²) in [7, 11) is 0. The molecule has 0 aromatic heterocycles. The SMILES string of the molecule is OC(c1ccc2c(c1)CCO2)C(F)(F)F. The number of hydrogen-bond acceptors (Lipinski definition) is 2.